The minimum Gasteiger partial charge on any atom is -0.460 e. The van der Waals surface area contributed by atoms with Crippen LogP contribution in [0.4, 0.5) is 0 Å². The summed E-state index contributed by atoms with van der Waals surface area (Å²) in [6, 6.07) is 4.02. The van der Waals surface area contributed by atoms with Crippen LogP contribution < -0.4 is 5.32 Å². The summed E-state index contributed by atoms with van der Waals surface area (Å²) >= 11 is 0. The number of hydrogen-bond donors (Lipinski definition) is 1. The van der Waals surface area contributed by atoms with Crippen molar-refractivity contribution in [3.8, 4) is 11.3 Å². The first-order valence-electron chi connectivity index (χ1n) is 6.15. The molecule has 0 saturated heterocycles. The number of nitrogens with one attached hydrogen (secondary N) is 1. The van der Waals surface area contributed by atoms with Crippen molar-refractivity contribution in [3.63, 3.8) is 0 Å². The van der Waals surface area contributed by atoms with Crippen LogP contribution in [0.15, 0.2) is 28.9 Å². The number of aryl methyl sites for hydroxylation is 1. The second-order valence-corrected chi connectivity index (χ2v) is 4.03. The third-order valence-corrected chi connectivity index (χ3v) is 2.63. The van der Waals surface area contributed by atoms with E-state index in [4.69, 9.17) is 4.42 Å². The average Bonchev–Trinajstić information content (AvgIpc) is 2.97. The van der Waals surface area contributed by atoms with Gasteiger partial charge in [0.1, 0.15) is 11.5 Å². The van der Waals surface area contributed by atoms with Gasteiger partial charge in [0, 0.05) is 12.7 Å². The molecule has 0 aliphatic rings. The zero-order valence-electron chi connectivity index (χ0n) is 10.4. The first-order chi connectivity index (χ1) is 8.33. The zero-order valence-corrected chi connectivity index (χ0v) is 10.4. The molecule has 0 aromatic carbocycles. The molecule has 0 unspecified atom stereocenters. The smallest absolute Gasteiger partial charge is 0.137 e. The van der Waals surface area contributed by atoms with E-state index < -0.39 is 0 Å². The molecule has 0 saturated carbocycles. The van der Waals surface area contributed by atoms with Gasteiger partial charge < -0.3 is 9.73 Å². The second-order valence-electron chi connectivity index (χ2n) is 4.03. The van der Waals surface area contributed by atoms with Gasteiger partial charge in [-0.15, -0.1) is 0 Å². The first-order valence-corrected chi connectivity index (χ1v) is 6.15. The minimum absolute atomic E-state index is 0.787. The van der Waals surface area contributed by atoms with E-state index >= 15 is 0 Å². The van der Waals surface area contributed by atoms with Crippen molar-refractivity contribution >= 4 is 0 Å². The van der Waals surface area contributed by atoms with Crippen LogP contribution in [-0.4, -0.2) is 16.3 Å². The number of furan rings is 1. The Balaban J connectivity index is 2.02. The molecule has 0 atom stereocenters. The maximum Gasteiger partial charge on any atom is 0.137 e. The number of aromatic nitrogens is 2. The van der Waals surface area contributed by atoms with Crippen LogP contribution in [0, 0.1) is 0 Å². The Morgan fingerprint density at radius 3 is 2.94 bits per heavy atom. The number of hydrogen-bond acceptors (Lipinski definition) is 3. The van der Waals surface area contributed by atoms with E-state index in [-0.39, 0.29) is 0 Å². The van der Waals surface area contributed by atoms with Gasteiger partial charge in [-0.05, 0) is 32.0 Å². The summed E-state index contributed by atoms with van der Waals surface area (Å²) in [5.41, 5.74) is 1.04. The van der Waals surface area contributed by atoms with Crippen molar-refractivity contribution in [1.82, 2.24) is 15.1 Å². The van der Waals surface area contributed by atoms with Gasteiger partial charge >= 0.3 is 0 Å². The van der Waals surface area contributed by atoms with Crippen molar-refractivity contribution in [2.75, 3.05) is 6.54 Å². The molecule has 0 fully saturated rings. The molecule has 0 radical (unpaired) electrons. The minimum atomic E-state index is 0.787. The van der Waals surface area contributed by atoms with Crippen molar-refractivity contribution < 1.29 is 4.42 Å². The molecule has 0 aliphatic heterocycles. The van der Waals surface area contributed by atoms with Gasteiger partial charge in [0.25, 0.3) is 0 Å². The van der Waals surface area contributed by atoms with E-state index in [1.54, 1.807) is 0 Å². The predicted molar refractivity (Wildman–Crippen MR) is 67.6 cm³/mol. The molecule has 2 aromatic heterocycles. The van der Waals surface area contributed by atoms with Crippen LogP contribution in [0.5, 0.6) is 0 Å². The maximum absolute atomic E-state index is 5.76. The van der Waals surface area contributed by atoms with Crippen molar-refractivity contribution in [3.05, 3.63) is 30.3 Å². The molecule has 0 spiro atoms. The zero-order chi connectivity index (χ0) is 12.1. The lowest BCUT2D eigenvalue weighted by molar-refractivity contribution is 0.493. The summed E-state index contributed by atoms with van der Waals surface area (Å²) in [6.45, 7) is 6.91. The van der Waals surface area contributed by atoms with Gasteiger partial charge in [-0.2, -0.15) is 5.10 Å². The van der Waals surface area contributed by atoms with Crippen LogP contribution in [-0.2, 0) is 13.1 Å². The van der Waals surface area contributed by atoms with E-state index in [2.05, 4.69) is 24.3 Å². The van der Waals surface area contributed by atoms with E-state index in [1.165, 1.54) is 0 Å². The lowest BCUT2D eigenvalue weighted by atomic mass is 10.3. The summed E-state index contributed by atoms with van der Waals surface area (Å²) in [5, 5.41) is 7.55. The highest BCUT2D eigenvalue weighted by molar-refractivity contribution is 5.55. The third-order valence-electron chi connectivity index (χ3n) is 2.63. The molecule has 92 valence electrons. The van der Waals surface area contributed by atoms with Crippen LogP contribution in [0.3, 0.4) is 0 Å². The molecule has 0 amide bonds. The molecule has 17 heavy (non-hydrogen) atoms. The van der Waals surface area contributed by atoms with E-state index in [1.807, 2.05) is 29.2 Å². The van der Waals surface area contributed by atoms with Crippen LogP contribution in [0.2, 0.25) is 0 Å². The number of rotatable bonds is 6. The summed E-state index contributed by atoms with van der Waals surface area (Å²) in [4.78, 5) is 0. The molecule has 0 bridgehead atoms. The Bertz CT molecular complexity index is 459. The Morgan fingerprint density at radius 2 is 2.24 bits per heavy atom. The summed E-state index contributed by atoms with van der Waals surface area (Å²) in [5.74, 6) is 1.86. The SMILES string of the molecule is CCCNCc1ccc(-c2cnn(CC)c2)o1. The monoisotopic (exact) mass is 233 g/mol. The quantitative estimate of drug-likeness (QED) is 0.780. The Morgan fingerprint density at radius 1 is 1.35 bits per heavy atom. The molecule has 1 N–H and O–H groups in total. The molecule has 2 aromatic rings. The maximum atomic E-state index is 5.76. The lowest BCUT2D eigenvalue weighted by Gasteiger charge is -1.98. The standard InChI is InChI=1S/C13H19N3O/c1-3-7-14-9-12-5-6-13(17-12)11-8-15-16(4-2)10-11/h5-6,8,10,14H,3-4,7,9H2,1-2H3. The van der Waals surface area contributed by atoms with E-state index in [0.717, 1.165) is 43.1 Å². The van der Waals surface area contributed by atoms with Gasteiger partial charge in [-0.25, -0.2) is 0 Å². The second kappa shape index (κ2) is 5.68. The molecular weight excluding hydrogens is 214 g/mol. The average molecular weight is 233 g/mol. The molecule has 2 heterocycles. The third kappa shape index (κ3) is 2.97. The molecule has 0 aliphatic carbocycles. The van der Waals surface area contributed by atoms with Crippen LogP contribution in [0.25, 0.3) is 11.3 Å². The van der Waals surface area contributed by atoms with Crippen LogP contribution in [0.1, 0.15) is 26.0 Å². The van der Waals surface area contributed by atoms with Gasteiger partial charge in [-0.3, -0.25) is 4.68 Å². The highest BCUT2D eigenvalue weighted by atomic mass is 16.3. The van der Waals surface area contributed by atoms with Crippen molar-refractivity contribution in [1.29, 1.82) is 0 Å². The van der Waals surface area contributed by atoms with Crippen molar-refractivity contribution in [2.45, 2.75) is 33.4 Å². The molecule has 4 heteroatoms. The van der Waals surface area contributed by atoms with Crippen LogP contribution >= 0.6 is 0 Å². The lowest BCUT2D eigenvalue weighted by Crippen LogP contribution is -2.12. The molecular formula is C13H19N3O. The van der Waals surface area contributed by atoms with Crippen molar-refractivity contribution in [2.24, 2.45) is 0 Å². The predicted octanol–water partition coefficient (Wildman–Crippen LogP) is 2.66. The van der Waals surface area contributed by atoms with E-state index in [0.29, 0.717) is 0 Å². The van der Waals surface area contributed by atoms with E-state index in [9.17, 15) is 0 Å². The topological polar surface area (TPSA) is 43.0 Å². The summed E-state index contributed by atoms with van der Waals surface area (Å²) in [6.07, 6.45) is 4.98. The molecule has 4 nitrogen and oxygen atoms in total. The largest absolute Gasteiger partial charge is 0.460 e. The summed E-state index contributed by atoms with van der Waals surface area (Å²) < 4.78 is 7.65. The fourth-order valence-corrected chi connectivity index (χ4v) is 1.68. The van der Waals surface area contributed by atoms with Gasteiger partial charge in [0.05, 0.1) is 18.3 Å². The first kappa shape index (κ1) is 11.9. The Kier molecular flexibility index (Phi) is 3.98. The Labute approximate surface area is 102 Å². The van der Waals surface area contributed by atoms with Gasteiger partial charge in [-0.1, -0.05) is 6.92 Å². The van der Waals surface area contributed by atoms with Gasteiger partial charge in [0.15, 0.2) is 0 Å². The highest BCUT2D eigenvalue weighted by Gasteiger charge is 2.06. The molecule has 2 rings (SSSR count). The highest BCUT2D eigenvalue weighted by Crippen LogP contribution is 2.21. The Hall–Kier alpha value is -1.55. The summed E-state index contributed by atoms with van der Waals surface area (Å²) in [7, 11) is 0. The normalized spacial score (nSPS) is 10.9. The van der Waals surface area contributed by atoms with Gasteiger partial charge in [0.2, 0.25) is 0 Å². The number of nitrogens with zero attached hydrogens (tertiary/aromatic N) is 2. The fraction of sp³-hybridized carbons (Fsp3) is 0.462. The fourth-order valence-electron chi connectivity index (χ4n) is 1.68.